The molecule has 1 aliphatic rings. The van der Waals surface area contributed by atoms with Gasteiger partial charge in [-0.05, 0) is 44.0 Å². The number of aromatic nitrogens is 2. The molecule has 1 atom stereocenters. The lowest BCUT2D eigenvalue weighted by atomic mass is 9.99. The number of rotatable bonds is 4. The first-order valence-electron chi connectivity index (χ1n) is 8.34. The molecule has 0 bridgehead atoms. The van der Waals surface area contributed by atoms with Crippen LogP contribution in [0, 0.1) is 18.7 Å². The van der Waals surface area contributed by atoms with Crippen LogP contribution in [0.2, 0.25) is 0 Å². The van der Waals surface area contributed by atoms with Crippen molar-refractivity contribution in [2.75, 3.05) is 18.4 Å². The van der Waals surface area contributed by atoms with Crippen LogP contribution >= 0.6 is 0 Å². The van der Waals surface area contributed by atoms with E-state index in [1.54, 1.807) is 17.9 Å². The van der Waals surface area contributed by atoms with Crippen molar-refractivity contribution in [2.45, 2.75) is 24.7 Å². The third-order valence-electron chi connectivity index (χ3n) is 4.70. The van der Waals surface area contributed by atoms with Crippen LogP contribution in [0.5, 0.6) is 0 Å². The van der Waals surface area contributed by atoms with E-state index in [4.69, 9.17) is 0 Å². The second-order valence-electron chi connectivity index (χ2n) is 6.41. The zero-order valence-electron chi connectivity index (χ0n) is 14.6. The van der Waals surface area contributed by atoms with E-state index in [1.165, 1.54) is 16.4 Å². The van der Waals surface area contributed by atoms with Gasteiger partial charge in [-0.1, -0.05) is 0 Å². The summed E-state index contributed by atoms with van der Waals surface area (Å²) in [6, 6.07) is 4.72. The largest absolute Gasteiger partial charge is 0.323 e. The highest BCUT2D eigenvalue weighted by Gasteiger charge is 2.33. The van der Waals surface area contributed by atoms with Crippen LogP contribution in [0.1, 0.15) is 18.5 Å². The minimum atomic E-state index is -3.75. The van der Waals surface area contributed by atoms with E-state index in [9.17, 15) is 17.6 Å². The predicted octanol–water partition coefficient (Wildman–Crippen LogP) is 1.91. The van der Waals surface area contributed by atoms with Crippen molar-refractivity contribution in [3.8, 4) is 0 Å². The highest BCUT2D eigenvalue weighted by atomic mass is 32.2. The Morgan fingerprint density at radius 1 is 1.31 bits per heavy atom. The molecule has 0 aliphatic carbocycles. The average molecular weight is 380 g/mol. The maximum absolute atomic E-state index is 13.1. The zero-order chi connectivity index (χ0) is 18.9. The number of carbonyl (C=O) groups excluding carboxylic acids is 1. The van der Waals surface area contributed by atoms with Gasteiger partial charge in [0, 0.05) is 20.1 Å². The predicted molar refractivity (Wildman–Crippen MR) is 94.5 cm³/mol. The molecule has 7 nitrogen and oxygen atoms in total. The minimum absolute atomic E-state index is 0.0306. The quantitative estimate of drug-likeness (QED) is 0.878. The Labute approximate surface area is 151 Å². The summed E-state index contributed by atoms with van der Waals surface area (Å²) in [6.45, 7) is 2.29. The lowest BCUT2D eigenvalue weighted by Crippen LogP contribution is -2.43. The Morgan fingerprint density at radius 2 is 2.00 bits per heavy atom. The summed E-state index contributed by atoms with van der Waals surface area (Å²) in [4.78, 5) is 12.6. The van der Waals surface area contributed by atoms with E-state index >= 15 is 0 Å². The average Bonchev–Trinajstić information content (AvgIpc) is 2.94. The Hall–Kier alpha value is -2.26. The van der Waals surface area contributed by atoms with E-state index in [0.29, 0.717) is 25.1 Å². The lowest BCUT2D eigenvalue weighted by molar-refractivity contribution is -0.120. The fraction of sp³-hybridized carbons (Fsp3) is 0.412. The van der Waals surface area contributed by atoms with Crippen LogP contribution in [-0.4, -0.2) is 41.5 Å². The molecule has 0 spiro atoms. The Bertz CT molecular complexity index is 909. The van der Waals surface area contributed by atoms with Gasteiger partial charge in [-0.15, -0.1) is 0 Å². The van der Waals surface area contributed by atoms with E-state index in [-0.39, 0.29) is 17.3 Å². The molecule has 1 fully saturated rings. The Morgan fingerprint density at radius 3 is 2.62 bits per heavy atom. The van der Waals surface area contributed by atoms with Crippen molar-refractivity contribution in [2.24, 2.45) is 13.0 Å². The summed E-state index contributed by atoms with van der Waals surface area (Å²) < 4.78 is 41.5. The molecule has 26 heavy (non-hydrogen) atoms. The fourth-order valence-electron chi connectivity index (χ4n) is 2.99. The normalized spacial score (nSPS) is 18.7. The monoisotopic (exact) mass is 380 g/mol. The van der Waals surface area contributed by atoms with E-state index in [1.807, 2.05) is 6.92 Å². The number of benzene rings is 1. The molecule has 0 saturated carbocycles. The van der Waals surface area contributed by atoms with E-state index in [2.05, 4.69) is 10.4 Å². The van der Waals surface area contributed by atoms with Crippen molar-refractivity contribution in [3.05, 3.63) is 42.0 Å². The van der Waals surface area contributed by atoms with Crippen molar-refractivity contribution >= 4 is 21.6 Å². The van der Waals surface area contributed by atoms with Crippen LogP contribution in [0.4, 0.5) is 10.1 Å². The molecule has 3 rings (SSSR count). The molecule has 1 aliphatic heterocycles. The molecular weight excluding hydrogens is 359 g/mol. The first kappa shape index (κ1) is 18.5. The maximum Gasteiger partial charge on any atom is 0.243 e. The van der Waals surface area contributed by atoms with Gasteiger partial charge in [-0.3, -0.25) is 9.48 Å². The molecule has 0 unspecified atom stereocenters. The number of sulfonamides is 1. The molecule has 9 heteroatoms. The van der Waals surface area contributed by atoms with Crippen LogP contribution < -0.4 is 5.32 Å². The molecule has 1 aromatic heterocycles. The molecule has 2 heterocycles. The number of carbonyl (C=O) groups is 1. The molecule has 0 radical (unpaired) electrons. The fourth-order valence-corrected chi connectivity index (χ4v) is 4.51. The van der Waals surface area contributed by atoms with Gasteiger partial charge in [0.05, 0.1) is 28.4 Å². The topological polar surface area (TPSA) is 84.3 Å². The summed E-state index contributed by atoms with van der Waals surface area (Å²) in [5, 5.41) is 6.91. The highest BCUT2D eigenvalue weighted by molar-refractivity contribution is 7.89. The van der Waals surface area contributed by atoms with Crippen LogP contribution in [0.15, 0.2) is 35.4 Å². The molecule has 1 aromatic carbocycles. The van der Waals surface area contributed by atoms with Crippen LogP contribution in [0.3, 0.4) is 0 Å². The molecule has 1 amide bonds. The first-order valence-corrected chi connectivity index (χ1v) is 9.78. The Balaban J connectivity index is 1.73. The number of hydrogen-bond acceptors (Lipinski definition) is 4. The van der Waals surface area contributed by atoms with Crippen molar-refractivity contribution in [1.29, 1.82) is 0 Å². The van der Waals surface area contributed by atoms with Gasteiger partial charge >= 0.3 is 0 Å². The summed E-state index contributed by atoms with van der Waals surface area (Å²) in [5.41, 5.74) is 1.45. The van der Waals surface area contributed by atoms with Crippen molar-refractivity contribution < 1.29 is 17.6 Å². The molecular formula is C17H21FN4O3S. The van der Waals surface area contributed by atoms with Gasteiger partial charge < -0.3 is 5.32 Å². The molecule has 1 N–H and O–H groups in total. The standard InChI is InChI=1S/C17H21FN4O3S/c1-12-16(10-19-21(12)2)20-17(23)13-4-3-9-22(11-13)26(24,25)15-7-5-14(18)6-8-15/h5-8,10,13H,3-4,9,11H2,1-2H3,(H,20,23)/t13-/m0/s1. The number of aryl methyl sites for hydroxylation is 1. The summed E-state index contributed by atoms with van der Waals surface area (Å²) in [7, 11) is -1.97. The SMILES string of the molecule is Cc1c(NC(=O)[C@H]2CCCN(S(=O)(=O)c3ccc(F)cc3)C2)cnn1C. The summed E-state index contributed by atoms with van der Waals surface area (Å²) in [6.07, 6.45) is 2.77. The number of piperidine rings is 1. The van der Waals surface area contributed by atoms with Gasteiger partial charge in [-0.25, -0.2) is 12.8 Å². The number of nitrogens with zero attached hydrogens (tertiary/aromatic N) is 3. The van der Waals surface area contributed by atoms with Gasteiger partial charge in [0.25, 0.3) is 0 Å². The maximum atomic E-state index is 13.1. The number of anilines is 1. The highest BCUT2D eigenvalue weighted by Crippen LogP contribution is 2.25. The van der Waals surface area contributed by atoms with E-state index < -0.39 is 21.8 Å². The molecule has 2 aromatic rings. The van der Waals surface area contributed by atoms with Gasteiger partial charge in [-0.2, -0.15) is 9.40 Å². The smallest absolute Gasteiger partial charge is 0.243 e. The van der Waals surface area contributed by atoms with Crippen LogP contribution in [-0.2, 0) is 21.9 Å². The Kier molecular flexibility index (Phi) is 5.10. The number of halogens is 1. The minimum Gasteiger partial charge on any atom is -0.323 e. The van der Waals surface area contributed by atoms with Crippen molar-refractivity contribution in [1.82, 2.24) is 14.1 Å². The first-order chi connectivity index (χ1) is 12.3. The second kappa shape index (κ2) is 7.16. The van der Waals surface area contributed by atoms with Crippen LogP contribution in [0.25, 0.3) is 0 Å². The van der Waals surface area contributed by atoms with Gasteiger partial charge in [0.15, 0.2) is 0 Å². The molecule has 1 saturated heterocycles. The lowest BCUT2D eigenvalue weighted by Gasteiger charge is -2.31. The summed E-state index contributed by atoms with van der Waals surface area (Å²) >= 11 is 0. The van der Waals surface area contributed by atoms with E-state index in [0.717, 1.165) is 17.8 Å². The zero-order valence-corrected chi connectivity index (χ0v) is 15.5. The third kappa shape index (κ3) is 3.63. The third-order valence-corrected chi connectivity index (χ3v) is 6.58. The van der Waals surface area contributed by atoms with Gasteiger partial charge in [0.2, 0.25) is 15.9 Å². The summed E-state index contributed by atoms with van der Waals surface area (Å²) in [5.74, 6) is -1.16. The van der Waals surface area contributed by atoms with Gasteiger partial charge in [0.1, 0.15) is 5.82 Å². The van der Waals surface area contributed by atoms with Crippen molar-refractivity contribution in [3.63, 3.8) is 0 Å². The second-order valence-corrected chi connectivity index (χ2v) is 8.35. The number of hydrogen-bond donors (Lipinski definition) is 1. The number of amides is 1. The number of nitrogens with one attached hydrogen (secondary N) is 1. The molecule has 140 valence electrons.